The fraction of sp³-hybridized carbons (Fsp3) is 0.00893. The third-order valence-electron chi connectivity index (χ3n) is 23.4. The van der Waals surface area contributed by atoms with E-state index in [-0.39, 0.29) is 11.4 Å². The van der Waals surface area contributed by atoms with Crippen molar-refractivity contribution in [2.75, 3.05) is 0 Å². The summed E-state index contributed by atoms with van der Waals surface area (Å²) in [7, 11) is 0. The van der Waals surface area contributed by atoms with Gasteiger partial charge in [0.2, 0.25) is 0 Å². The van der Waals surface area contributed by atoms with Crippen LogP contribution in [0.15, 0.2) is 413 Å². The lowest BCUT2D eigenvalue weighted by atomic mass is 9.94. The number of benzene rings is 16. The first-order valence-electron chi connectivity index (χ1n) is 42.9. The molecule has 0 saturated heterocycles. The molecule has 0 fully saturated rings. The zero-order valence-corrected chi connectivity index (χ0v) is 70.0. The van der Waals surface area contributed by atoms with E-state index in [1.807, 2.05) is 387 Å². The Kier molecular flexibility index (Phi) is 19.9. The molecular weight excluding hydrogens is 1640 g/mol. The summed E-state index contributed by atoms with van der Waals surface area (Å²) in [6.45, 7) is 0. The lowest BCUT2D eigenvalue weighted by Gasteiger charge is -2.20. The second kappa shape index (κ2) is 33.4. The summed E-state index contributed by atoms with van der Waals surface area (Å²) in [6, 6.07) is 132. The number of rotatable bonds is 18. The molecule has 622 valence electrons. The molecule has 23 aromatic rings. The van der Waals surface area contributed by atoms with E-state index >= 15 is 13.2 Å². The number of hydrogen-bond acceptors (Lipinski definition) is 15. The number of halogens is 3. The van der Waals surface area contributed by atoms with Crippen molar-refractivity contribution in [3.8, 4) is 193 Å². The van der Waals surface area contributed by atoms with Crippen LogP contribution < -0.4 is 0 Å². The normalized spacial score (nSPS) is 11.6. The van der Waals surface area contributed by atoms with Crippen LogP contribution in [0, 0.1) is 0 Å². The van der Waals surface area contributed by atoms with Gasteiger partial charge >= 0.3 is 6.18 Å². The summed E-state index contributed by atoms with van der Waals surface area (Å²) in [5.41, 5.74) is 14.0. The maximum absolute atomic E-state index is 16.6. The minimum atomic E-state index is -4.87. The Morgan fingerprint density at radius 3 is 0.598 bits per heavy atom. The van der Waals surface area contributed by atoms with Gasteiger partial charge in [-0.3, -0.25) is 0 Å². The largest absolute Gasteiger partial charge is 0.416 e. The third kappa shape index (κ3) is 15.1. The highest BCUT2D eigenvalue weighted by molar-refractivity contribution is 6.14. The Bertz CT molecular complexity index is 7680. The Balaban J connectivity index is 0.797. The average Bonchev–Trinajstić information content (AvgIpc) is 1.55. The van der Waals surface area contributed by atoms with E-state index in [1.165, 1.54) is 6.07 Å². The second-order valence-electron chi connectivity index (χ2n) is 31.7. The second-order valence-corrected chi connectivity index (χ2v) is 31.7. The van der Waals surface area contributed by atoms with Crippen molar-refractivity contribution < 1.29 is 13.2 Å². The molecule has 7 aromatic heterocycles. The van der Waals surface area contributed by atoms with Gasteiger partial charge in [-0.15, -0.1) is 0 Å². The average molecular weight is 1710 g/mol. The van der Waals surface area contributed by atoms with E-state index in [1.54, 1.807) is 6.07 Å². The Morgan fingerprint density at radius 2 is 0.371 bits per heavy atom. The molecule has 0 atom stereocenters. The van der Waals surface area contributed by atoms with Crippen molar-refractivity contribution in [1.82, 2.24) is 83.9 Å². The van der Waals surface area contributed by atoms with Crippen LogP contribution in [-0.2, 0) is 6.18 Å². The van der Waals surface area contributed by atoms with Crippen LogP contribution in [0.2, 0.25) is 0 Å². The fourth-order valence-electron chi connectivity index (χ4n) is 17.0. The van der Waals surface area contributed by atoms with Gasteiger partial charge in [0.25, 0.3) is 0 Å². The minimum absolute atomic E-state index is 0.174. The van der Waals surface area contributed by atoms with Crippen LogP contribution in [0.3, 0.4) is 0 Å². The van der Waals surface area contributed by atoms with Crippen molar-refractivity contribution in [3.05, 3.63) is 418 Å². The van der Waals surface area contributed by atoms with Gasteiger partial charge in [0.1, 0.15) is 0 Å². The molecule has 17 nitrogen and oxygen atoms in total. The molecule has 0 N–H and O–H groups in total. The highest BCUT2D eigenvalue weighted by Gasteiger charge is 2.34. The number of hydrogen-bond donors (Lipinski definition) is 0. The Hall–Kier alpha value is -18.0. The molecule has 7 heterocycles. The molecule has 0 unspecified atom stereocenters. The zero-order chi connectivity index (χ0) is 88.2. The van der Waals surface area contributed by atoms with Crippen molar-refractivity contribution >= 4 is 43.6 Å². The predicted octanol–water partition coefficient (Wildman–Crippen LogP) is 26.5. The highest BCUT2D eigenvalue weighted by Crippen LogP contribution is 2.47. The standard InChI is InChI=1S/C112H68F3N17/c113-112(114,115)83-55-62-96(132-94-60-53-81(109-125-101(73-39-19-5-20-40-73)118-102(126-109)74-41-21-6-22-42-74)65-89(94)90-66-82(54-61-95(90)132)110-127-103(75-43-23-7-24-44-75)119-104(128-110)76-45-25-8-26-46-76)91(67-83)86-68-84(56-57-85(86)111-129-105(77-47-27-9-28-48-77)120-106(130-111)78-49-29-10-30-50-78)131-92-58-51-79(107-121-97(69-31-11-1-12-32-69)116-98(122-107)70-33-13-2-14-34-70)63-87(92)88-64-80(52-59-93(88)131)108-123-99(71-35-15-3-16-36-71)117-100(124-108)72-37-17-4-18-38-72/h1-68H. The maximum Gasteiger partial charge on any atom is 0.416 e. The van der Waals surface area contributed by atoms with Crippen LogP contribution in [0.4, 0.5) is 13.2 Å². The molecule has 132 heavy (non-hydrogen) atoms. The molecule has 0 amide bonds. The van der Waals surface area contributed by atoms with Gasteiger partial charge in [-0.25, -0.2) is 74.8 Å². The molecule has 16 aromatic carbocycles. The van der Waals surface area contributed by atoms with Crippen LogP contribution in [0.5, 0.6) is 0 Å². The van der Waals surface area contributed by atoms with E-state index in [0.29, 0.717) is 159 Å². The first kappa shape index (κ1) is 78.7. The number of fused-ring (bicyclic) bond motifs is 6. The Labute approximate surface area is 753 Å². The molecular formula is C112H68F3N17. The van der Waals surface area contributed by atoms with Gasteiger partial charge in [0, 0.05) is 116 Å². The van der Waals surface area contributed by atoms with Gasteiger partial charge < -0.3 is 9.13 Å². The monoisotopic (exact) mass is 1710 g/mol. The molecule has 20 heteroatoms. The fourth-order valence-corrected chi connectivity index (χ4v) is 17.0. The van der Waals surface area contributed by atoms with E-state index in [0.717, 1.165) is 72.4 Å². The maximum atomic E-state index is 16.6. The molecule has 0 radical (unpaired) electrons. The molecule has 23 rings (SSSR count). The van der Waals surface area contributed by atoms with Gasteiger partial charge in [0.15, 0.2) is 87.4 Å². The molecule has 0 spiro atoms. The van der Waals surface area contributed by atoms with E-state index in [2.05, 4.69) is 16.7 Å². The summed E-state index contributed by atoms with van der Waals surface area (Å²) in [5.74, 6) is 6.23. The molecule has 0 aliphatic heterocycles. The third-order valence-corrected chi connectivity index (χ3v) is 23.4. The first-order chi connectivity index (χ1) is 65.0. The summed E-state index contributed by atoms with van der Waals surface area (Å²) >= 11 is 0. The number of nitrogens with zero attached hydrogens (tertiary/aromatic N) is 17. The SMILES string of the molecule is FC(F)(F)c1ccc(-n2c3ccc(-c4nc(-c5ccccc5)nc(-c5ccccc5)n4)cc3c3cc(-c4nc(-c5ccccc5)nc(-c5ccccc5)n4)ccc32)c(-c2cc(-n3c4ccc(-c5nc(-c6ccccc6)nc(-c6ccccc6)n5)cc4c4cc(-c5nc(-c6ccccc6)nc(-c6ccccc6)n5)ccc43)ccc2-c2nc(-c3ccccc3)nc(-c3ccccc3)n2)c1. The van der Waals surface area contributed by atoms with E-state index in [9.17, 15) is 0 Å². The van der Waals surface area contributed by atoms with Crippen LogP contribution in [0.1, 0.15) is 5.56 Å². The summed E-state index contributed by atoms with van der Waals surface area (Å²) in [4.78, 5) is 78.1. The van der Waals surface area contributed by atoms with Crippen LogP contribution in [0.25, 0.3) is 237 Å². The molecule has 0 saturated carbocycles. The molecule has 0 aliphatic carbocycles. The summed E-state index contributed by atoms with van der Waals surface area (Å²) in [5, 5.41) is 2.94. The van der Waals surface area contributed by atoms with Gasteiger partial charge in [-0.1, -0.05) is 303 Å². The quantitative estimate of drug-likeness (QED) is 0.0784. The minimum Gasteiger partial charge on any atom is -0.309 e. The molecule has 0 bridgehead atoms. The van der Waals surface area contributed by atoms with Crippen molar-refractivity contribution in [1.29, 1.82) is 0 Å². The van der Waals surface area contributed by atoms with Crippen molar-refractivity contribution in [3.63, 3.8) is 0 Å². The van der Waals surface area contributed by atoms with Gasteiger partial charge in [-0.05, 0) is 115 Å². The summed E-state index contributed by atoms with van der Waals surface area (Å²) in [6.07, 6.45) is -4.87. The smallest absolute Gasteiger partial charge is 0.309 e. The number of alkyl halides is 3. The zero-order valence-electron chi connectivity index (χ0n) is 70.0. The highest BCUT2D eigenvalue weighted by atomic mass is 19.4. The van der Waals surface area contributed by atoms with Crippen molar-refractivity contribution in [2.24, 2.45) is 0 Å². The predicted molar refractivity (Wildman–Crippen MR) is 514 cm³/mol. The Morgan fingerprint density at radius 1 is 0.159 bits per heavy atom. The topological polar surface area (TPSA) is 203 Å². The summed E-state index contributed by atoms with van der Waals surface area (Å²) < 4.78 is 54.0. The number of aromatic nitrogens is 17. The molecule has 0 aliphatic rings. The lowest BCUT2D eigenvalue weighted by molar-refractivity contribution is -0.137. The first-order valence-corrected chi connectivity index (χ1v) is 42.9. The van der Waals surface area contributed by atoms with Crippen LogP contribution >= 0.6 is 0 Å². The van der Waals surface area contributed by atoms with Gasteiger partial charge in [0.05, 0.1) is 33.3 Å². The van der Waals surface area contributed by atoms with E-state index < -0.39 is 11.7 Å². The van der Waals surface area contributed by atoms with E-state index in [4.69, 9.17) is 74.8 Å². The van der Waals surface area contributed by atoms with Gasteiger partial charge in [-0.2, -0.15) is 13.2 Å². The lowest BCUT2D eigenvalue weighted by Crippen LogP contribution is -2.08. The van der Waals surface area contributed by atoms with Crippen molar-refractivity contribution in [2.45, 2.75) is 6.18 Å². The van der Waals surface area contributed by atoms with Crippen LogP contribution in [-0.4, -0.2) is 83.9 Å².